The summed E-state index contributed by atoms with van der Waals surface area (Å²) in [7, 11) is 0. The van der Waals surface area contributed by atoms with Gasteiger partial charge in [0.25, 0.3) is 0 Å². The quantitative estimate of drug-likeness (QED) is 0.755. The third-order valence-corrected chi connectivity index (χ3v) is 3.32. The molecule has 0 aliphatic carbocycles. The smallest absolute Gasteiger partial charge is 0.334 e. The van der Waals surface area contributed by atoms with Crippen molar-refractivity contribution >= 4 is 5.97 Å². The number of hydrogen-bond acceptors (Lipinski definition) is 5. The summed E-state index contributed by atoms with van der Waals surface area (Å²) in [5.41, 5.74) is 1.06. The maximum absolute atomic E-state index is 10.9. The van der Waals surface area contributed by atoms with E-state index in [-0.39, 0.29) is 6.61 Å². The van der Waals surface area contributed by atoms with Gasteiger partial charge >= 0.3 is 5.97 Å². The summed E-state index contributed by atoms with van der Waals surface area (Å²) >= 11 is 0. The minimum Gasteiger partial charge on any atom is -0.479 e. The highest BCUT2D eigenvalue weighted by atomic mass is 16.5. The molecule has 1 aromatic rings. The molecule has 6 nitrogen and oxygen atoms in total. The molecule has 2 N–H and O–H groups in total. The van der Waals surface area contributed by atoms with Gasteiger partial charge < -0.3 is 19.7 Å². The monoisotopic (exact) mass is 295 g/mol. The van der Waals surface area contributed by atoms with Crippen molar-refractivity contribution in [2.45, 2.75) is 18.8 Å². The zero-order chi connectivity index (χ0) is 15.1. The van der Waals surface area contributed by atoms with Gasteiger partial charge in [0.15, 0.2) is 6.10 Å². The number of morpholine rings is 1. The second-order valence-corrected chi connectivity index (χ2v) is 5.11. The van der Waals surface area contributed by atoms with Gasteiger partial charge in [-0.3, -0.25) is 4.90 Å². The Morgan fingerprint density at radius 3 is 2.90 bits per heavy atom. The van der Waals surface area contributed by atoms with Gasteiger partial charge in [0, 0.05) is 19.6 Å². The maximum Gasteiger partial charge on any atom is 0.334 e. The van der Waals surface area contributed by atoms with Crippen LogP contribution in [0.4, 0.5) is 0 Å². The Bertz CT molecular complexity index is 439. The van der Waals surface area contributed by atoms with E-state index in [1.807, 2.05) is 35.2 Å². The molecule has 0 amide bonds. The number of carbonyl (C=O) groups is 1. The van der Waals surface area contributed by atoms with Crippen LogP contribution in [0.5, 0.6) is 0 Å². The Balaban J connectivity index is 1.67. The first-order valence-corrected chi connectivity index (χ1v) is 7.01. The third-order valence-electron chi connectivity index (χ3n) is 3.32. The Morgan fingerprint density at radius 2 is 2.19 bits per heavy atom. The number of hydrogen-bond donors (Lipinski definition) is 2. The molecule has 0 saturated carbocycles. The predicted octanol–water partition coefficient (Wildman–Crippen LogP) is 0.350. The summed E-state index contributed by atoms with van der Waals surface area (Å²) in [5, 5.41) is 18.9. The van der Waals surface area contributed by atoms with E-state index in [2.05, 4.69) is 0 Å². The third kappa shape index (κ3) is 5.43. The summed E-state index contributed by atoms with van der Waals surface area (Å²) in [6, 6.07) is 9.75. The molecule has 21 heavy (non-hydrogen) atoms. The first-order valence-electron chi connectivity index (χ1n) is 7.01. The molecular formula is C15H21NO5. The van der Waals surface area contributed by atoms with E-state index in [9.17, 15) is 9.90 Å². The molecule has 0 aromatic heterocycles. The van der Waals surface area contributed by atoms with Gasteiger partial charge in [-0.15, -0.1) is 0 Å². The number of ether oxygens (including phenoxy) is 2. The van der Waals surface area contributed by atoms with Gasteiger partial charge in [-0.05, 0) is 5.56 Å². The fraction of sp³-hybridized carbons (Fsp3) is 0.533. The van der Waals surface area contributed by atoms with E-state index in [1.54, 1.807) is 0 Å². The second kappa shape index (κ2) is 8.09. The van der Waals surface area contributed by atoms with E-state index < -0.39 is 18.2 Å². The molecule has 2 unspecified atom stereocenters. The van der Waals surface area contributed by atoms with Crippen molar-refractivity contribution in [3.8, 4) is 0 Å². The number of carboxylic acids is 1. The summed E-state index contributed by atoms with van der Waals surface area (Å²) in [4.78, 5) is 12.8. The minimum atomic E-state index is -0.963. The van der Waals surface area contributed by atoms with Crippen molar-refractivity contribution < 1.29 is 24.5 Å². The average molecular weight is 295 g/mol. The molecular weight excluding hydrogens is 274 g/mol. The number of carboxylic acid groups (broad SMARTS) is 1. The predicted molar refractivity (Wildman–Crippen MR) is 75.9 cm³/mol. The van der Waals surface area contributed by atoms with Crippen LogP contribution >= 0.6 is 0 Å². The number of rotatable bonds is 7. The van der Waals surface area contributed by atoms with Crippen molar-refractivity contribution in [2.24, 2.45) is 0 Å². The van der Waals surface area contributed by atoms with Crippen molar-refractivity contribution in [1.29, 1.82) is 0 Å². The standard InChI is InChI=1S/C15H21NO5/c17-13(11-20-10-12-4-2-1-3-5-12)8-16-6-7-21-14(9-16)15(18)19/h1-5,13-14,17H,6-11H2,(H,18,19). The van der Waals surface area contributed by atoms with Gasteiger partial charge in [-0.1, -0.05) is 30.3 Å². The van der Waals surface area contributed by atoms with E-state index in [0.717, 1.165) is 5.56 Å². The van der Waals surface area contributed by atoms with Crippen molar-refractivity contribution in [3.05, 3.63) is 35.9 Å². The molecule has 0 bridgehead atoms. The Hall–Kier alpha value is -1.47. The molecule has 1 aliphatic heterocycles. The Morgan fingerprint density at radius 1 is 1.43 bits per heavy atom. The van der Waals surface area contributed by atoms with Gasteiger partial charge in [0.1, 0.15) is 0 Å². The Kier molecular flexibility index (Phi) is 6.13. The molecule has 116 valence electrons. The highest BCUT2D eigenvalue weighted by molar-refractivity contribution is 5.72. The molecule has 1 fully saturated rings. The fourth-order valence-corrected chi connectivity index (χ4v) is 2.26. The van der Waals surface area contributed by atoms with Crippen molar-refractivity contribution in [1.82, 2.24) is 4.90 Å². The lowest BCUT2D eigenvalue weighted by Gasteiger charge is -2.32. The molecule has 6 heteroatoms. The zero-order valence-electron chi connectivity index (χ0n) is 11.9. The number of aliphatic hydroxyl groups excluding tert-OH is 1. The van der Waals surface area contributed by atoms with Crippen LogP contribution in [0.2, 0.25) is 0 Å². The first kappa shape index (κ1) is 15.9. The van der Waals surface area contributed by atoms with Crippen LogP contribution in [-0.4, -0.2) is 66.1 Å². The summed E-state index contributed by atoms with van der Waals surface area (Å²) in [6.07, 6.45) is -1.45. The largest absolute Gasteiger partial charge is 0.479 e. The van der Waals surface area contributed by atoms with Gasteiger partial charge in [-0.25, -0.2) is 4.79 Å². The van der Waals surface area contributed by atoms with Crippen LogP contribution in [0.15, 0.2) is 30.3 Å². The lowest BCUT2D eigenvalue weighted by molar-refractivity contribution is -0.156. The van der Waals surface area contributed by atoms with Crippen LogP contribution in [0, 0.1) is 0 Å². The van der Waals surface area contributed by atoms with Crippen LogP contribution in [0.1, 0.15) is 5.56 Å². The van der Waals surface area contributed by atoms with Gasteiger partial charge in [0.2, 0.25) is 0 Å². The van der Waals surface area contributed by atoms with Crippen molar-refractivity contribution in [2.75, 3.05) is 32.8 Å². The SMILES string of the molecule is O=C(O)C1CN(CC(O)COCc2ccccc2)CCO1. The number of benzene rings is 1. The number of aliphatic hydroxyl groups is 1. The van der Waals surface area contributed by atoms with E-state index >= 15 is 0 Å². The first-order chi connectivity index (χ1) is 10.1. The van der Waals surface area contributed by atoms with E-state index in [0.29, 0.717) is 32.8 Å². The Labute approximate surface area is 123 Å². The summed E-state index contributed by atoms with van der Waals surface area (Å²) in [6.45, 7) is 2.36. The fourth-order valence-electron chi connectivity index (χ4n) is 2.26. The lowest BCUT2D eigenvalue weighted by atomic mass is 10.2. The van der Waals surface area contributed by atoms with Gasteiger partial charge in [0.05, 0.1) is 25.9 Å². The average Bonchev–Trinajstić information content (AvgIpc) is 2.48. The van der Waals surface area contributed by atoms with Crippen LogP contribution in [0.3, 0.4) is 0 Å². The molecule has 0 spiro atoms. The van der Waals surface area contributed by atoms with Crippen LogP contribution < -0.4 is 0 Å². The molecule has 1 heterocycles. The highest BCUT2D eigenvalue weighted by Gasteiger charge is 2.27. The molecule has 1 aliphatic rings. The number of aliphatic carboxylic acids is 1. The summed E-state index contributed by atoms with van der Waals surface area (Å²) < 4.78 is 10.6. The van der Waals surface area contributed by atoms with Crippen molar-refractivity contribution in [3.63, 3.8) is 0 Å². The summed E-state index contributed by atoms with van der Waals surface area (Å²) in [5.74, 6) is -0.963. The molecule has 1 aromatic carbocycles. The normalized spacial score (nSPS) is 21.1. The zero-order valence-corrected chi connectivity index (χ0v) is 11.9. The molecule has 2 atom stereocenters. The number of nitrogens with zero attached hydrogens (tertiary/aromatic N) is 1. The number of β-amino-alcohol motifs (C(OH)–C–C–N with tert-alkyl or cyclic N) is 1. The van der Waals surface area contributed by atoms with Gasteiger partial charge in [-0.2, -0.15) is 0 Å². The van der Waals surface area contributed by atoms with E-state index in [4.69, 9.17) is 14.6 Å². The minimum absolute atomic E-state index is 0.226. The van der Waals surface area contributed by atoms with E-state index in [1.165, 1.54) is 0 Å². The molecule has 1 saturated heterocycles. The molecule has 2 rings (SSSR count). The second-order valence-electron chi connectivity index (χ2n) is 5.11. The molecule has 0 radical (unpaired) electrons. The highest BCUT2D eigenvalue weighted by Crippen LogP contribution is 2.07. The lowest BCUT2D eigenvalue weighted by Crippen LogP contribution is -2.48. The maximum atomic E-state index is 10.9. The van der Waals surface area contributed by atoms with Crippen LogP contribution in [0.25, 0.3) is 0 Å². The van der Waals surface area contributed by atoms with Crippen LogP contribution in [-0.2, 0) is 20.9 Å². The topological polar surface area (TPSA) is 79.2 Å².